The van der Waals surface area contributed by atoms with Gasteiger partial charge in [0.15, 0.2) is 0 Å². The monoisotopic (exact) mass is 299 g/mol. The van der Waals surface area contributed by atoms with Crippen molar-refractivity contribution in [2.45, 2.75) is 19.4 Å². The number of amides is 1. The van der Waals surface area contributed by atoms with Gasteiger partial charge in [-0.05, 0) is 49.7 Å². The molecule has 0 aliphatic heterocycles. The van der Waals surface area contributed by atoms with Crippen LogP contribution in [0.15, 0.2) is 54.6 Å². The first kappa shape index (κ1) is 16.0. The molecule has 0 saturated heterocycles. The molecule has 1 unspecified atom stereocenters. The molecule has 2 rings (SSSR count). The minimum absolute atomic E-state index is 0.0630. The predicted molar refractivity (Wildman–Crippen MR) is 86.2 cm³/mol. The maximum absolute atomic E-state index is 12.2. The van der Waals surface area contributed by atoms with Gasteiger partial charge in [-0.1, -0.05) is 18.2 Å². The smallest absolute Gasteiger partial charge is 0.253 e. The van der Waals surface area contributed by atoms with E-state index in [1.54, 1.807) is 43.1 Å². The highest BCUT2D eigenvalue weighted by atomic mass is 16.5. The Labute approximate surface area is 131 Å². The summed E-state index contributed by atoms with van der Waals surface area (Å²) in [5, 5.41) is 9.28. The molecule has 0 aliphatic rings. The normalized spacial score (nSPS) is 11.8. The van der Waals surface area contributed by atoms with Crippen molar-refractivity contribution >= 4 is 5.91 Å². The third-order valence-electron chi connectivity index (χ3n) is 3.31. The number of aliphatic hydroxyl groups excluding tert-OH is 1. The number of aliphatic hydroxyl groups is 1. The van der Waals surface area contributed by atoms with Crippen LogP contribution in [0.1, 0.15) is 23.7 Å². The molecule has 0 fully saturated rings. The lowest BCUT2D eigenvalue weighted by Crippen LogP contribution is -2.29. The van der Waals surface area contributed by atoms with E-state index in [9.17, 15) is 9.90 Å². The number of hydrogen-bond donors (Lipinski definition) is 1. The molecule has 1 atom stereocenters. The maximum atomic E-state index is 12.2. The zero-order chi connectivity index (χ0) is 15.9. The Bertz CT molecular complexity index is 593. The molecular formula is C18H21NO3. The topological polar surface area (TPSA) is 49.8 Å². The number of carbonyl (C=O) groups is 1. The van der Waals surface area contributed by atoms with Crippen LogP contribution in [0.2, 0.25) is 0 Å². The summed E-state index contributed by atoms with van der Waals surface area (Å²) in [7, 11) is 1.74. The third-order valence-corrected chi connectivity index (χ3v) is 3.31. The van der Waals surface area contributed by atoms with Gasteiger partial charge in [0.25, 0.3) is 5.91 Å². The molecule has 0 saturated carbocycles. The van der Waals surface area contributed by atoms with E-state index in [1.165, 1.54) is 0 Å². The van der Waals surface area contributed by atoms with Crippen molar-refractivity contribution in [1.29, 1.82) is 0 Å². The molecule has 0 heterocycles. The molecule has 0 spiro atoms. The van der Waals surface area contributed by atoms with Gasteiger partial charge in [0.05, 0.1) is 6.10 Å². The van der Waals surface area contributed by atoms with E-state index in [-0.39, 0.29) is 5.91 Å². The van der Waals surface area contributed by atoms with E-state index in [0.717, 1.165) is 5.75 Å². The highest BCUT2D eigenvalue weighted by molar-refractivity contribution is 5.94. The molecule has 0 radical (unpaired) electrons. The largest absolute Gasteiger partial charge is 0.457 e. The highest BCUT2D eigenvalue weighted by Gasteiger charge is 2.12. The average Bonchev–Trinajstić information content (AvgIpc) is 2.53. The number of rotatable bonds is 6. The molecule has 0 bridgehead atoms. The highest BCUT2D eigenvalue weighted by Crippen LogP contribution is 2.21. The van der Waals surface area contributed by atoms with Crippen LogP contribution >= 0.6 is 0 Å². The van der Waals surface area contributed by atoms with Crippen LogP contribution in [0.5, 0.6) is 11.5 Å². The van der Waals surface area contributed by atoms with E-state index >= 15 is 0 Å². The molecule has 0 aromatic heterocycles. The van der Waals surface area contributed by atoms with Crippen molar-refractivity contribution < 1.29 is 14.6 Å². The summed E-state index contributed by atoms with van der Waals surface area (Å²) in [5.41, 5.74) is 0.605. The Hall–Kier alpha value is -2.33. The second kappa shape index (κ2) is 7.61. The Morgan fingerprint density at radius 2 is 1.68 bits per heavy atom. The van der Waals surface area contributed by atoms with Gasteiger partial charge < -0.3 is 14.7 Å². The van der Waals surface area contributed by atoms with Crippen LogP contribution in [0, 0.1) is 0 Å². The molecule has 4 nitrogen and oxygen atoms in total. The van der Waals surface area contributed by atoms with Crippen molar-refractivity contribution in [3.63, 3.8) is 0 Å². The fraction of sp³-hybridized carbons (Fsp3) is 0.278. The number of nitrogens with zero attached hydrogens (tertiary/aromatic N) is 1. The molecule has 1 amide bonds. The van der Waals surface area contributed by atoms with Crippen molar-refractivity contribution in [1.82, 2.24) is 4.90 Å². The Morgan fingerprint density at radius 3 is 2.27 bits per heavy atom. The summed E-state index contributed by atoms with van der Waals surface area (Å²) in [5.74, 6) is 1.39. The maximum Gasteiger partial charge on any atom is 0.253 e. The summed E-state index contributed by atoms with van der Waals surface area (Å²) in [6.07, 6.45) is 0.161. The SMILES string of the molecule is CC(O)CCN(C)C(=O)c1ccc(Oc2ccccc2)cc1. The van der Waals surface area contributed by atoms with Crippen LogP contribution in [-0.2, 0) is 0 Å². The number of hydrogen-bond acceptors (Lipinski definition) is 3. The van der Waals surface area contributed by atoms with Crippen LogP contribution in [0.3, 0.4) is 0 Å². The molecule has 116 valence electrons. The predicted octanol–water partition coefficient (Wildman–Crippen LogP) is 3.32. The van der Waals surface area contributed by atoms with Crippen LogP contribution in [-0.4, -0.2) is 35.6 Å². The fourth-order valence-electron chi connectivity index (χ4n) is 1.99. The minimum Gasteiger partial charge on any atom is -0.457 e. The molecule has 0 aliphatic carbocycles. The first-order valence-corrected chi connectivity index (χ1v) is 7.33. The summed E-state index contributed by atoms with van der Waals surface area (Å²) in [4.78, 5) is 13.8. The minimum atomic E-state index is -0.406. The van der Waals surface area contributed by atoms with E-state index in [0.29, 0.717) is 24.3 Å². The Morgan fingerprint density at radius 1 is 1.09 bits per heavy atom. The van der Waals surface area contributed by atoms with E-state index < -0.39 is 6.10 Å². The van der Waals surface area contributed by atoms with Gasteiger partial charge in [0, 0.05) is 19.2 Å². The molecular weight excluding hydrogens is 278 g/mol. The summed E-state index contributed by atoms with van der Waals surface area (Å²) in [6.45, 7) is 2.24. The Balaban J connectivity index is 1.97. The molecule has 22 heavy (non-hydrogen) atoms. The first-order chi connectivity index (χ1) is 10.6. The number of carbonyl (C=O) groups excluding carboxylic acids is 1. The van der Waals surface area contributed by atoms with E-state index in [1.807, 2.05) is 30.3 Å². The summed E-state index contributed by atoms with van der Waals surface area (Å²) >= 11 is 0. The van der Waals surface area contributed by atoms with Crippen molar-refractivity contribution in [3.05, 3.63) is 60.2 Å². The zero-order valence-electron chi connectivity index (χ0n) is 12.9. The lowest BCUT2D eigenvalue weighted by molar-refractivity contribution is 0.0769. The van der Waals surface area contributed by atoms with Gasteiger partial charge in [0.2, 0.25) is 0 Å². The molecule has 1 N–H and O–H groups in total. The number of benzene rings is 2. The third kappa shape index (κ3) is 4.60. The number of ether oxygens (including phenoxy) is 1. The van der Waals surface area contributed by atoms with Gasteiger partial charge in [0.1, 0.15) is 11.5 Å². The van der Waals surface area contributed by atoms with Crippen molar-refractivity contribution in [2.24, 2.45) is 0 Å². The summed E-state index contributed by atoms with van der Waals surface area (Å²) in [6, 6.07) is 16.6. The standard InChI is InChI=1S/C18H21NO3/c1-14(20)12-13-19(2)18(21)15-8-10-17(11-9-15)22-16-6-4-3-5-7-16/h3-11,14,20H,12-13H2,1-2H3. The van der Waals surface area contributed by atoms with Gasteiger partial charge >= 0.3 is 0 Å². The first-order valence-electron chi connectivity index (χ1n) is 7.33. The zero-order valence-corrected chi connectivity index (χ0v) is 12.9. The summed E-state index contributed by atoms with van der Waals surface area (Å²) < 4.78 is 5.69. The average molecular weight is 299 g/mol. The quantitative estimate of drug-likeness (QED) is 0.890. The lowest BCUT2D eigenvalue weighted by Gasteiger charge is -2.18. The second-order valence-electron chi connectivity index (χ2n) is 5.30. The van der Waals surface area contributed by atoms with Crippen molar-refractivity contribution in [2.75, 3.05) is 13.6 Å². The van der Waals surface area contributed by atoms with Crippen LogP contribution in [0.4, 0.5) is 0 Å². The molecule has 2 aromatic carbocycles. The van der Waals surface area contributed by atoms with Gasteiger partial charge in [-0.25, -0.2) is 0 Å². The van der Waals surface area contributed by atoms with E-state index in [4.69, 9.17) is 4.74 Å². The number of para-hydroxylation sites is 1. The second-order valence-corrected chi connectivity index (χ2v) is 5.30. The van der Waals surface area contributed by atoms with Crippen LogP contribution < -0.4 is 4.74 Å². The van der Waals surface area contributed by atoms with Crippen molar-refractivity contribution in [3.8, 4) is 11.5 Å². The van der Waals surface area contributed by atoms with Gasteiger partial charge in [-0.2, -0.15) is 0 Å². The lowest BCUT2D eigenvalue weighted by atomic mass is 10.2. The van der Waals surface area contributed by atoms with E-state index in [2.05, 4.69) is 0 Å². The fourth-order valence-corrected chi connectivity index (χ4v) is 1.99. The molecule has 2 aromatic rings. The molecule has 4 heteroatoms. The van der Waals surface area contributed by atoms with Gasteiger partial charge in [-0.15, -0.1) is 0 Å². The Kier molecular flexibility index (Phi) is 5.55. The van der Waals surface area contributed by atoms with Crippen LogP contribution in [0.25, 0.3) is 0 Å². The van der Waals surface area contributed by atoms with Gasteiger partial charge in [-0.3, -0.25) is 4.79 Å².